The molecule has 0 aliphatic heterocycles. The van der Waals surface area contributed by atoms with E-state index in [0.717, 1.165) is 19.3 Å². The highest BCUT2D eigenvalue weighted by molar-refractivity contribution is 7.89. The van der Waals surface area contributed by atoms with Crippen LogP contribution >= 0.6 is 0 Å². The molecular weight excluding hydrogens is 250 g/mol. The van der Waals surface area contributed by atoms with Gasteiger partial charge in [0.25, 0.3) is 0 Å². The molecule has 0 radical (unpaired) electrons. The highest BCUT2D eigenvalue weighted by atomic mass is 32.2. The number of sulfonamides is 1. The molecule has 0 bridgehead atoms. The molecule has 0 atom stereocenters. The number of nitrogens with zero attached hydrogens (tertiary/aromatic N) is 1. The van der Waals surface area contributed by atoms with Crippen LogP contribution < -0.4 is 0 Å². The summed E-state index contributed by atoms with van der Waals surface area (Å²) >= 11 is 0. The van der Waals surface area contributed by atoms with Crippen molar-refractivity contribution >= 4 is 10.0 Å². The minimum atomic E-state index is -3.08. The Hall–Kier alpha value is -0.130. The number of aliphatic hydroxyl groups excluding tert-OH is 1. The van der Waals surface area contributed by atoms with Crippen molar-refractivity contribution in [2.24, 2.45) is 11.8 Å². The van der Waals surface area contributed by atoms with Gasteiger partial charge in [0.15, 0.2) is 0 Å². The van der Waals surface area contributed by atoms with Gasteiger partial charge in [0.05, 0.1) is 11.9 Å². The van der Waals surface area contributed by atoms with Crippen molar-refractivity contribution in [2.45, 2.75) is 51.0 Å². The summed E-state index contributed by atoms with van der Waals surface area (Å²) in [5, 5.41) is 9.21. The van der Waals surface area contributed by atoms with Crippen LogP contribution in [0.5, 0.6) is 0 Å². The van der Waals surface area contributed by atoms with Crippen molar-refractivity contribution in [3.05, 3.63) is 0 Å². The molecule has 0 aromatic heterocycles. The Balaban J connectivity index is 1.74. The van der Waals surface area contributed by atoms with Gasteiger partial charge in [0.2, 0.25) is 10.0 Å². The van der Waals surface area contributed by atoms with Crippen LogP contribution in [0.2, 0.25) is 0 Å². The van der Waals surface area contributed by atoms with E-state index in [-0.39, 0.29) is 6.10 Å². The van der Waals surface area contributed by atoms with Crippen molar-refractivity contribution in [3.8, 4) is 0 Å². The summed E-state index contributed by atoms with van der Waals surface area (Å²) in [4.78, 5) is 0. The third-order valence-corrected chi connectivity index (χ3v) is 6.31. The molecule has 18 heavy (non-hydrogen) atoms. The Labute approximate surface area is 110 Å². The number of aliphatic hydroxyl groups is 1. The standard InChI is InChI=1S/C13H25NO3S/c1-14(10-12-8-13(15)9-12)18(16,17)7-6-11-4-2-3-5-11/h11-13,15H,2-10H2,1H3. The van der Waals surface area contributed by atoms with Gasteiger partial charge in [-0.15, -0.1) is 0 Å². The van der Waals surface area contributed by atoms with Crippen LogP contribution in [0.25, 0.3) is 0 Å². The Kier molecular flexibility index (Phi) is 4.67. The average molecular weight is 275 g/mol. The maximum Gasteiger partial charge on any atom is 0.213 e. The predicted molar refractivity (Wildman–Crippen MR) is 71.7 cm³/mol. The molecule has 2 fully saturated rings. The Morgan fingerprint density at radius 2 is 1.78 bits per heavy atom. The first-order valence-electron chi connectivity index (χ1n) is 7.09. The monoisotopic (exact) mass is 275 g/mol. The van der Waals surface area contributed by atoms with E-state index in [1.54, 1.807) is 7.05 Å². The predicted octanol–water partition coefficient (Wildman–Crippen LogP) is 1.60. The molecule has 0 spiro atoms. The second-order valence-corrected chi connectivity index (χ2v) is 8.22. The van der Waals surface area contributed by atoms with Crippen LogP contribution in [0, 0.1) is 11.8 Å². The van der Waals surface area contributed by atoms with E-state index in [1.165, 1.54) is 30.0 Å². The summed E-state index contributed by atoms with van der Waals surface area (Å²) in [6.45, 7) is 0.573. The molecule has 2 rings (SSSR count). The lowest BCUT2D eigenvalue weighted by molar-refractivity contribution is 0.0367. The zero-order valence-electron chi connectivity index (χ0n) is 11.2. The van der Waals surface area contributed by atoms with Crippen molar-refractivity contribution in [2.75, 3.05) is 19.3 Å². The summed E-state index contributed by atoms with van der Waals surface area (Å²) in [7, 11) is -1.41. The molecule has 2 aliphatic carbocycles. The van der Waals surface area contributed by atoms with Crippen molar-refractivity contribution in [1.82, 2.24) is 4.31 Å². The van der Waals surface area contributed by atoms with Gasteiger partial charge in [0.1, 0.15) is 0 Å². The van der Waals surface area contributed by atoms with Gasteiger partial charge >= 0.3 is 0 Å². The molecule has 0 aromatic rings. The molecule has 1 N–H and O–H groups in total. The zero-order valence-corrected chi connectivity index (χ0v) is 12.0. The number of rotatable bonds is 6. The lowest BCUT2D eigenvalue weighted by Crippen LogP contribution is -2.40. The maximum atomic E-state index is 12.1. The zero-order chi connectivity index (χ0) is 13.2. The molecule has 0 amide bonds. The maximum absolute atomic E-state index is 12.1. The molecule has 0 saturated heterocycles. The van der Waals surface area contributed by atoms with Crippen LogP contribution in [-0.4, -0.2) is 43.3 Å². The molecular formula is C13H25NO3S. The van der Waals surface area contributed by atoms with E-state index >= 15 is 0 Å². The smallest absolute Gasteiger partial charge is 0.213 e. The molecule has 0 aromatic carbocycles. The highest BCUT2D eigenvalue weighted by Gasteiger charge is 2.31. The Bertz CT molecular complexity index is 356. The normalized spacial score (nSPS) is 29.7. The first kappa shape index (κ1) is 14.3. The van der Waals surface area contributed by atoms with E-state index in [0.29, 0.717) is 24.1 Å². The fraction of sp³-hybridized carbons (Fsp3) is 1.00. The van der Waals surface area contributed by atoms with Crippen molar-refractivity contribution < 1.29 is 13.5 Å². The van der Waals surface area contributed by atoms with E-state index in [4.69, 9.17) is 0 Å². The van der Waals surface area contributed by atoms with Crippen LogP contribution in [0.1, 0.15) is 44.9 Å². The van der Waals surface area contributed by atoms with Gasteiger partial charge in [-0.1, -0.05) is 25.7 Å². The summed E-state index contributed by atoms with van der Waals surface area (Å²) < 4.78 is 25.7. The molecule has 0 unspecified atom stereocenters. The minimum absolute atomic E-state index is 0.204. The van der Waals surface area contributed by atoms with Gasteiger partial charge in [-0.3, -0.25) is 0 Å². The van der Waals surface area contributed by atoms with Crippen LogP contribution in [0.3, 0.4) is 0 Å². The van der Waals surface area contributed by atoms with Crippen molar-refractivity contribution in [3.63, 3.8) is 0 Å². The van der Waals surface area contributed by atoms with Crippen LogP contribution in [0.15, 0.2) is 0 Å². The second-order valence-electron chi connectivity index (χ2n) is 6.03. The Morgan fingerprint density at radius 1 is 1.17 bits per heavy atom. The molecule has 2 saturated carbocycles. The fourth-order valence-corrected chi connectivity index (χ4v) is 4.48. The van der Waals surface area contributed by atoms with Crippen LogP contribution in [0.4, 0.5) is 0 Å². The molecule has 4 nitrogen and oxygen atoms in total. The van der Waals surface area contributed by atoms with Gasteiger partial charge in [0, 0.05) is 13.6 Å². The minimum Gasteiger partial charge on any atom is -0.393 e. The first-order valence-corrected chi connectivity index (χ1v) is 8.70. The third kappa shape index (κ3) is 3.68. The molecule has 2 aliphatic rings. The number of hydrogen-bond donors (Lipinski definition) is 1. The fourth-order valence-electron chi connectivity index (χ4n) is 3.10. The van der Waals surface area contributed by atoms with Gasteiger partial charge in [-0.2, -0.15) is 0 Å². The quantitative estimate of drug-likeness (QED) is 0.801. The van der Waals surface area contributed by atoms with Crippen LogP contribution in [-0.2, 0) is 10.0 Å². The van der Waals surface area contributed by atoms with Crippen molar-refractivity contribution in [1.29, 1.82) is 0 Å². The third-order valence-electron chi connectivity index (χ3n) is 4.46. The topological polar surface area (TPSA) is 57.6 Å². The summed E-state index contributed by atoms with van der Waals surface area (Å²) in [6, 6.07) is 0. The molecule has 0 heterocycles. The van der Waals surface area contributed by atoms with E-state index < -0.39 is 10.0 Å². The largest absolute Gasteiger partial charge is 0.393 e. The SMILES string of the molecule is CN(CC1CC(O)C1)S(=O)(=O)CCC1CCCC1. The Morgan fingerprint density at radius 3 is 2.33 bits per heavy atom. The van der Waals surface area contributed by atoms with E-state index in [9.17, 15) is 13.5 Å². The van der Waals surface area contributed by atoms with Gasteiger partial charge in [-0.05, 0) is 31.1 Å². The summed E-state index contributed by atoms with van der Waals surface area (Å²) in [5.74, 6) is 1.27. The number of hydrogen-bond acceptors (Lipinski definition) is 3. The van der Waals surface area contributed by atoms with Gasteiger partial charge < -0.3 is 5.11 Å². The van der Waals surface area contributed by atoms with E-state index in [1.807, 2.05) is 0 Å². The van der Waals surface area contributed by atoms with Gasteiger partial charge in [-0.25, -0.2) is 12.7 Å². The average Bonchev–Trinajstić information content (AvgIpc) is 2.77. The summed E-state index contributed by atoms with van der Waals surface area (Å²) in [5.41, 5.74) is 0. The van der Waals surface area contributed by atoms with E-state index in [2.05, 4.69) is 0 Å². The second kappa shape index (κ2) is 5.88. The molecule has 5 heteroatoms. The summed E-state index contributed by atoms with van der Waals surface area (Å²) in [6.07, 6.45) is 7.05. The molecule has 106 valence electrons. The first-order chi connectivity index (χ1) is 8.47. The lowest BCUT2D eigenvalue weighted by Gasteiger charge is -2.34. The lowest BCUT2D eigenvalue weighted by atomic mass is 9.82. The highest BCUT2D eigenvalue weighted by Crippen LogP contribution is 2.30.